The van der Waals surface area contributed by atoms with Gasteiger partial charge in [-0.25, -0.2) is 14.0 Å². The van der Waals surface area contributed by atoms with E-state index in [2.05, 4.69) is 35.6 Å². The highest BCUT2D eigenvalue weighted by molar-refractivity contribution is 5.88. The molecule has 1 amide bonds. The first kappa shape index (κ1) is 32.7. The molecule has 0 spiro atoms. The van der Waals surface area contributed by atoms with Crippen molar-refractivity contribution >= 4 is 28.6 Å². The number of carboxylic acids is 2. The number of ether oxygens (including phenoxy) is 2. The van der Waals surface area contributed by atoms with Gasteiger partial charge in [-0.15, -0.1) is 0 Å². The molecule has 3 aromatic carbocycles. The lowest BCUT2D eigenvalue weighted by atomic mass is 10.0. The molecule has 3 rings (SSSR count). The van der Waals surface area contributed by atoms with E-state index in [9.17, 15) is 23.9 Å². The summed E-state index contributed by atoms with van der Waals surface area (Å²) < 4.78 is 24.4. The first-order valence-electron chi connectivity index (χ1n) is 14.4. The zero-order valence-corrected chi connectivity index (χ0v) is 24.0. The summed E-state index contributed by atoms with van der Waals surface area (Å²) in [4.78, 5) is 35.7. The van der Waals surface area contributed by atoms with Gasteiger partial charge in [-0.3, -0.25) is 4.79 Å². The van der Waals surface area contributed by atoms with Crippen molar-refractivity contribution in [1.82, 2.24) is 5.32 Å². The lowest BCUT2D eigenvalue weighted by Gasteiger charge is -2.23. The van der Waals surface area contributed by atoms with E-state index in [0.717, 1.165) is 37.7 Å². The molecule has 0 aliphatic carbocycles. The molecule has 3 N–H and O–H groups in total. The maximum absolute atomic E-state index is 13.7. The van der Waals surface area contributed by atoms with Crippen LogP contribution in [0.1, 0.15) is 55.2 Å². The van der Waals surface area contributed by atoms with E-state index in [1.165, 1.54) is 22.4 Å². The predicted octanol–water partition coefficient (Wildman–Crippen LogP) is 5.47. The van der Waals surface area contributed by atoms with Crippen molar-refractivity contribution in [2.24, 2.45) is 0 Å². The zero-order valence-electron chi connectivity index (χ0n) is 24.0. The first-order chi connectivity index (χ1) is 20.2. The Morgan fingerprint density at radius 3 is 2.14 bits per heavy atom. The molecule has 0 radical (unpaired) electrons. The van der Waals surface area contributed by atoms with Crippen molar-refractivity contribution in [3.8, 4) is 0 Å². The van der Waals surface area contributed by atoms with Gasteiger partial charge in [0.15, 0.2) is 12.2 Å². The van der Waals surface area contributed by atoms with Gasteiger partial charge in [0.1, 0.15) is 12.4 Å². The van der Waals surface area contributed by atoms with Gasteiger partial charge in [0, 0.05) is 13.2 Å². The number of halogens is 1. The Bertz CT molecular complexity index is 1330. The topological polar surface area (TPSA) is 122 Å². The van der Waals surface area contributed by atoms with Gasteiger partial charge in [0.25, 0.3) is 5.91 Å². The third kappa shape index (κ3) is 10.9. The fraction of sp³-hybridized carbons (Fsp3) is 0.424. The first-order valence-corrected chi connectivity index (χ1v) is 14.4. The second-order valence-corrected chi connectivity index (χ2v) is 10.4. The maximum atomic E-state index is 13.7. The number of aliphatic carboxylic acids is 2. The zero-order chi connectivity index (χ0) is 30.3. The van der Waals surface area contributed by atoms with E-state index in [1.54, 1.807) is 13.0 Å². The number of fused-ring (bicyclic) bond motifs is 1. The molecule has 0 aliphatic rings. The van der Waals surface area contributed by atoms with Gasteiger partial charge < -0.3 is 25.0 Å². The summed E-state index contributed by atoms with van der Waals surface area (Å²) in [5.74, 6) is -3.72. The molecule has 0 aliphatic heterocycles. The molecule has 2 atom stereocenters. The van der Waals surface area contributed by atoms with Gasteiger partial charge >= 0.3 is 11.9 Å². The highest BCUT2D eigenvalue weighted by Crippen LogP contribution is 2.17. The van der Waals surface area contributed by atoms with Crippen LogP contribution in [0.3, 0.4) is 0 Å². The fourth-order valence-electron chi connectivity index (χ4n) is 4.70. The van der Waals surface area contributed by atoms with Gasteiger partial charge in [0.05, 0.1) is 0 Å². The fourth-order valence-corrected chi connectivity index (χ4v) is 4.70. The number of carbonyl (C=O) groups excluding carboxylic acids is 1. The molecule has 42 heavy (non-hydrogen) atoms. The standard InChI is InChI=1S/C33H40FNO7/c1-23-14-15-25(21-28(23)34)11-5-3-9-19-41-30(31(33(39)40)42-22-29(36)37)32(38)35-18-8-2-4-10-24-16-17-26-12-6-7-13-27(26)20-24/h6-7,12-17,20-21,30-31H,2-5,8-11,18-19,22H2,1H3,(H,35,38)(H,36,37)(H,39,40). The number of rotatable bonds is 19. The smallest absolute Gasteiger partial charge is 0.336 e. The number of carbonyl (C=O) groups is 3. The van der Waals surface area contributed by atoms with Crippen LogP contribution in [0.2, 0.25) is 0 Å². The normalized spacial score (nSPS) is 12.6. The van der Waals surface area contributed by atoms with Gasteiger partial charge in [-0.05, 0) is 79.0 Å². The monoisotopic (exact) mass is 581 g/mol. The predicted molar refractivity (Wildman–Crippen MR) is 158 cm³/mol. The molecule has 0 aromatic heterocycles. The van der Waals surface area contributed by atoms with Crippen LogP contribution in [-0.4, -0.2) is 60.0 Å². The summed E-state index contributed by atoms with van der Waals surface area (Å²) in [6.07, 6.45) is 2.85. The molecule has 3 aromatic rings. The van der Waals surface area contributed by atoms with Crippen LogP contribution in [0, 0.1) is 12.7 Å². The Balaban J connectivity index is 1.43. The molecule has 226 valence electrons. The van der Waals surface area contributed by atoms with Crippen LogP contribution in [0.25, 0.3) is 10.8 Å². The van der Waals surface area contributed by atoms with Crippen LogP contribution in [0.4, 0.5) is 4.39 Å². The van der Waals surface area contributed by atoms with Crippen molar-refractivity contribution in [1.29, 1.82) is 0 Å². The highest BCUT2D eigenvalue weighted by Gasteiger charge is 2.36. The number of carboxylic acid groups (broad SMARTS) is 2. The Hall–Kier alpha value is -3.82. The van der Waals surface area contributed by atoms with E-state index in [-0.39, 0.29) is 12.4 Å². The summed E-state index contributed by atoms with van der Waals surface area (Å²) in [5.41, 5.74) is 2.73. The Kier molecular flexibility index (Phi) is 13.4. The lowest BCUT2D eigenvalue weighted by molar-refractivity contribution is -0.172. The second-order valence-electron chi connectivity index (χ2n) is 10.4. The quantitative estimate of drug-likeness (QED) is 0.161. The van der Waals surface area contributed by atoms with Crippen LogP contribution in [0.15, 0.2) is 60.7 Å². The minimum absolute atomic E-state index is 0.0896. The van der Waals surface area contributed by atoms with Gasteiger partial charge in [0.2, 0.25) is 0 Å². The molecule has 9 heteroatoms. The van der Waals surface area contributed by atoms with E-state index < -0.39 is 36.7 Å². The Labute approximate surface area is 245 Å². The van der Waals surface area contributed by atoms with E-state index in [1.807, 2.05) is 18.2 Å². The number of hydrogen-bond donors (Lipinski definition) is 3. The molecule has 2 unspecified atom stereocenters. The number of aryl methyl sites for hydroxylation is 3. The van der Waals surface area contributed by atoms with Crippen LogP contribution < -0.4 is 5.32 Å². The van der Waals surface area contributed by atoms with Crippen LogP contribution >= 0.6 is 0 Å². The minimum Gasteiger partial charge on any atom is -0.480 e. The Morgan fingerprint density at radius 1 is 0.786 bits per heavy atom. The maximum Gasteiger partial charge on any atom is 0.336 e. The molecule has 0 saturated carbocycles. The third-order valence-electron chi connectivity index (χ3n) is 7.06. The molecule has 0 saturated heterocycles. The van der Waals surface area contributed by atoms with Crippen molar-refractivity contribution in [2.75, 3.05) is 19.8 Å². The van der Waals surface area contributed by atoms with Crippen molar-refractivity contribution < 1.29 is 38.5 Å². The average molecular weight is 582 g/mol. The van der Waals surface area contributed by atoms with E-state index >= 15 is 0 Å². The molecule has 0 bridgehead atoms. The molecule has 8 nitrogen and oxygen atoms in total. The molecular formula is C33H40FNO7. The Morgan fingerprint density at radius 2 is 1.45 bits per heavy atom. The van der Waals surface area contributed by atoms with Crippen molar-refractivity contribution in [2.45, 2.75) is 70.5 Å². The molecular weight excluding hydrogens is 541 g/mol. The van der Waals surface area contributed by atoms with Gasteiger partial charge in [-0.1, -0.05) is 67.4 Å². The summed E-state index contributed by atoms with van der Waals surface area (Å²) >= 11 is 0. The van der Waals surface area contributed by atoms with Crippen molar-refractivity contribution in [3.63, 3.8) is 0 Å². The van der Waals surface area contributed by atoms with Gasteiger partial charge in [-0.2, -0.15) is 0 Å². The number of amides is 1. The lowest BCUT2D eigenvalue weighted by Crippen LogP contribution is -2.49. The number of benzene rings is 3. The van der Waals surface area contributed by atoms with E-state index in [4.69, 9.17) is 14.6 Å². The SMILES string of the molecule is Cc1ccc(CCCCCOC(C(=O)NCCCCCc2ccc3ccccc3c2)C(OCC(=O)O)C(=O)O)cc1F. The third-order valence-corrected chi connectivity index (χ3v) is 7.06. The van der Waals surface area contributed by atoms with Crippen LogP contribution in [0.5, 0.6) is 0 Å². The highest BCUT2D eigenvalue weighted by atomic mass is 19.1. The second kappa shape index (κ2) is 17.2. The summed E-state index contributed by atoms with van der Waals surface area (Å²) in [6.45, 7) is 1.26. The minimum atomic E-state index is -1.76. The number of unbranched alkanes of at least 4 members (excludes halogenated alkanes) is 4. The summed E-state index contributed by atoms with van der Waals surface area (Å²) in [6, 6.07) is 19.8. The number of hydrogen-bond acceptors (Lipinski definition) is 5. The molecule has 0 fully saturated rings. The summed E-state index contributed by atoms with van der Waals surface area (Å²) in [5, 5.41) is 23.7. The number of nitrogens with one attached hydrogen (secondary N) is 1. The van der Waals surface area contributed by atoms with E-state index in [0.29, 0.717) is 31.4 Å². The van der Waals surface area contributed by atoms with Crippen molar-refractivity contribution in [3.05, 3.63) is 83.2 Å². The van der Waals surface area contributed by atoms with Crippen LogP contribution in [-0.2, 0) is 36.7 Å². The average Bonchev–Trinajstić information content (AvgIpc) is 2.96. The molecule has 0 heterocycles. The largest absolute Gasteiger partial charge is 0.480 e. The summed E-state index contributed by atoms with van der Waals surface area (Å²) in [7, 11) is 0.